The molecule has 0 aromatic heterocycles. The summed E-state index contributed by atoms with van der Waals surface area (Å²) in [4.78, 5) is 27.0. The Bertz CT molecular complexity index is 686. The van der Waals surface area contributed by atoms with E-state index in [4.69, 9.17) is 9.47 Å². The fraction of sp³-hybridized carbons (Fsp3) is 0.600. The highest BCUT2D eigenvalue weighted by atomic mass is 32.2. The molecular formula is C20H29N3O4S. The van der Waals surface area contributed by atoms with E-state index in [9.17, 15) is 9.59 Å². The first kappa shape index (κ1) is 20.8. The molecule has 1 atom stereocenters. The fourth-order valence-corrected chi connectivity index (χ4v) is 4.99. The molecule has 2 saturated heterocycles. The Morgan fingerprint density at radius 2 is 1.93 bits per heavy atom. The topological polar surface area (TPSA) is 79.9 Å². The lowest BCUT2D eigenvalue weighted by molar-refractivity contribution is -0.136. The van der Waals surface area contributed by atoms with Crippen molar-refractivity contribution in [3.8, 4) is 11.5 Å². The number of benzene rings is 1. The number of thioether (sulfide) groups is 1. The molecule has 1 aromatic carbocycles. The van der Waals surface area contributed by atoms with Crippen LogP contribution in [0.2, 0.25) is 0 Å². The summed E-state index contributed by atoms with van der Waals surface area (Å²) in [6.45, 7) is 2.71. The standard InChI is InChI=1S/C20H29N3O4S/c1-26-16-3-4-17(18(11-16)27-2)22-20(25)19(24)21-12-14-5-8-23(9-6-14)15-7-10-28-13-15/h3-4,11,14-15H,5-10,12-13H2,1-2H3,(H,21,24)(H,22,25). The van der Waals surface area contributed by atoms with Gasteiger partial charge in [0, 0.05) is 24.4 Å². The van der Waals surface area contributed by atoms with Crippen LogP contribution >= 0.6 is 11.8 Å². The van der Waals surface area contributed by atoms with Crippen LogP contribution in [-0.2, 0) is 9.59 Å². The Kier molecular flexibility index (Phi) is 7.44. The Labute approximate surface area is 170 Å². The van der Waals surface area contributed by atoms with E-state index in [-0.39, 0.29) is 0 Å². The quantitative estimate of drug-likeness (QED) is 0.702. The van der Waals surface area contributed by atoms with Crippen molar-refractivity contribution in [1.29, 1.82) is 0 Å². The Balaban J connectivity index is 1.43. The monoisotopic (exact) mass is 407 g/mol. The van der Waals surface area contributed by atoms with E-state index in [1.165, 1.54) is 25.0 Å². The molecule has 1 unspecified atom stereocenters. The molecule has 2 heterocycles. The van der Waals surface area contributed by atoms with Crippen LogP contribution in [0.25, 0.3) is 0 Å². The molecule has 8 heteroatoms. The van der Waals surface area contributed by atoms with Gasteiger partial charge in [-0.2, -0.15) is 11.8 Å². The maximum atomic E-state index is 12.2. The molecule has 2 fully saturated rings. The van der Waals surface area contributed by atoms with Crippen LogP contribution in [0, 0.1) is 5.92 Å². The second-order valence-electron chi connectivity index (χ2n) is 7.23. The van der Waals surface area contributed by atoms with Gasteiger partial charge >= 0.3 is 11.8 Å². The highest BCUT2D eigenvalue weighted by Gasteiger charge is 2.28. The molecule has 0 aliphatic carbocycles. The number of carbonyl (C=O) groups excluding carboxylic acids is 2. The number of piperidine rings is 1. The first-order valence-electron chi connectivity index (χ1n) is 9.73. The summed E-state index contributed by atoms with van der Waals surface area (Å²) < 4.78 is 10.4. The summed E-state index contributed by atoms with van der Waals surface area (Å²) in [7, 11) is 3.05. The summed E-state index contributed by atoms with van der Waals surface area (Å²) in [5.74, 6) is 2.69. The smallest absolute Gasteiger partial charge is 0.313 e. The average Bonchev–Trinajstić information content (AvgIpc) is 3.27. The van der Waals surface area contributed by atoms with Crippen LogP contribution in [0.3, 0.4) is 0 Å². The van der Waals surface area contributed by atoms with E-state index in [1.54, 1.807) is 25.3 Å². The minimum atomic E-state index is -0.691. The number of hydrogen-bond acceptors (Lipinski definition) is 6. The van der Waals surface area contributed by atoms with Crippen molar-refractivity contribution in [3.63, 3.8) is 0 Å². The Morgan fingerprint density at radius 3 is 2.57 bits per heavy atom. The molecular weight excluding hydrogens is 378 g/mol. The summed E-state index contributed by atoms with van der Waals surface area (Å²) in [6, 6.07) is 5.74. The molecule has 2 amide bonds. The zero-order valence-corrected chi connectivity index (χ0v) is 17.3. The van der Waals surface area contributed by atoms with Gasteiger partial charge in [-0.15, -0.1) is 0 Å². The fourth-order valence-electron chi connectivity index (χ4n) is 3.73. The lowest BCUT2D eigenvalue weighted by Gasteiger charge is -2.35. The van der Waals surface area contributed by atoms with Crippen molar-refractivity contribution in [2.75, 3.05) is 50.7 Å². The number of nitrogens with one attached hydrogen (secondary N) is 2. The van der Waals surface area contributed by atoms with E-state index in [2.05, 4.69) is 15.5 Å². The zero-order valence-electron chi connectivity index (χ0n) is 16.5. The van der Waals surface area contributed by atoms with Crippen molar-refractivity contribution in [2.45, 2.75) is 25.3 Å². The number of amides is 2. The van der Waals surface area contributed by atoms with Crippen LogP contribution in [0.5, 0.6) is 11.5 Å². The van der Waals surface area contributed by atoms with Crippen molar-refractivity contribution < 1.29 is 19.1 Å². The number of likely N-dealkylation sites (tertiary alicyclic amines) is 1. The second kappa shape index (κ2) is 10.0. The lowest BCUT2D eigenvalue weighted by Crippen LogP contribution is -2.45. The first-order chi connectivity index (χ1) is 13.6. The van der Waals surface area contributed by atoms with Crippen molar-refractivity contribution in [1.82, 2.24) is 10.2 Å². The summed E-state index contributed by atoms with van der Waals surface area (Å²) in [6.07, 6.45) is 3.42. The summed E-state index contributed by atoms with van der Waals surface area (Å²) in [5, 5.41) is 5.38. The van der Waals surface area contributed by atoms with Crippen molar-refractivity contribution in [3.05, 3.63) is 18.2 Å². The molecule has 0 spiro atoms. The Morgan fingerprint density at radius 1 is 1.14 bits per heavy atom. The maximum absolute atomic E-state index is 12.2. The van der Waals surface area contributed by atoms with Gasteiger partial charge in [0.1, 0.15) is 11.5 Å². The number of nitrogens with zero attached hydrogens (tertiary/aromatic N) is 1. The second-order valence-corrected chi connectivity index (χ2v) is 8.38. The highest BCUT2D eigenvalue weighted by molar-refractivity contribution is 7.99. The molecule has 28 heavy (non-hydrogen) atoms. The number of ether oxygens (including phenoxy) is 2. The molecule has 2 N–H and O–H groups in total. The number of carbonyl (C=O) groups is 2. The van der Waals surface area contributed by atoms with Gasteiger partial charge in [-0.05, 0) is 56.2 Å². The van der Waals surface area contributed by atoms with Gasteiger partial charge in [0.15, 0.2) is 0 Å². The average molecular weight is 408 g/mol. The molecule has 7 nitrogen and oxygen atoms in total. The predicted octanol–water partition coefficient (Wildman–Crippen LogP) is 1.98. The normalized spacial score (nSPS) is 20.6. The van der Waals surface area contributed by atoms with E-state index in [0.29, 0.717) is 29.6 Å². The third-order valence-electron chi connectivity index (χ3n) is 5.49. The third kappa shape index (κ3) is 5.32. The predicted molar refractivity (Wildman–Crippen MR) is 111 cm³/mol. The van der Waals surface area contributed by atoms with E-state index in [1.807, 2.05) is 11.8 Å². The molecule has 0 bridgehead atoms. The summed E-state index contributed by atoms with van der Waals surface area (Å²) >= 11 is 2.04. The molecule has 2 aliphatic heterocycles. The first-order valence-corrected chi connectivity index (χ1v) is 10.9. The molecule has 154 valence electrons. The van der Waals surface area contributed by atoms with Crippen LogP contribution in [0.15, 0.2) is 18.2 Å². The molecule has 3 rings (SSSR count). The number of rotatable bonds is 6. The van der Waals surface area contributed by atoms with E-state index >= 15 is 0 Å². The van der Waals surface area contributed by atoms with Crippen molar-refractivity contribution >= 4 is 29.3 Å². The molecule has 1 aromatic rings. The van der Waals surface area contributed by atoms with Gasteiger partial charge in [0.25, 0.3) is 0 Å². The van der Waals surface area contributed by atoms with E-state index < -0.39 is 11.8 Å². The molecule has 0 saturated carbocycles. The number of hydrogen-bond donors (Lipinski definition) is 2. The van der Waals surface area contributed by atoms with Crippen LogP contribution in [0.4, 0.5) is 5.69 Å². The molecule has 2 aliphatic rings. The van der Waals surface area contributed by atoms with Crippen LogP contribution < -0.4 is 20.1 Å². The minimum absolute atomic E-state index is 0.428. The zero-order chi connectivity index (χ0) is 19.9. The van der Waals surface area contributed by atoms with Gasteiger partial charge in [0.2, 0.25) is 0 Å². The summed E-state index contributed by atoms with van der Waals surface area (Å²) in [5.41, 5.74) is 0.436. The van der Waals surface area contributed by atoms with Gasteiger partial charge < -0.3 is 20.1 Å². The van der Waals surface area contributed by atoms with Gasteiger partial charge in [-0.25, -0.2) is 0 Å². The van der Waals surface area contributed by atoms with Crippen LogP contribution in [0.1, 0.15) is 19.3 Å². The van der Waals surface area contributed by atoms with Crippen molar-refractivity contribution in [2.24, 2.45) is 5.92 Å². The highest BCUT2D eigenvalue weighted by Crippen LogP contribution is 2.29. The third-order valence-corrected chi connectivity index (χ3v) is 6.63. The number of anilines is 1. The Hall–Kier alpha value is -1.93. The van der Waals surface area contributed by atoms with Gasteiger partial charge in [0.05, 0.1) is 19.9 Å². The molecule has 0 radical (unpaired) electrons. The van der Waals surface area contributed by atoms with Crippen LogP contribution in [-0.4, -0.2) is 68.1 Å². The maximum Gasteiger partial charge on any atom is 0.313 e. The van der Waals surface area contributed by atoms with Gasteiger partial charge in [-0.1, -0.05) is 0 Å². The van der Waals surface area contributed by atoms with E-state index in [0.717, 1.165) is 32.0 Å². The largest absolute Gasteiger partial charge is 0.497 e. The number of methoxy groups -OCH3 is 2. The van der Waals surface area contributed by atoms with Gasteiger partial charge in [-0.3, -0.25) is 14.5 Å². The minimum Gasteiger partial charge on any atom is -0.497 e. The lowest BCUT2D eigenvalue weighted by atomic mass is 9.95. The SMILES string of the molecule is COc1ccc(NC(=O)C(=O)NCC2CCN(C3CCSC3)CC2)c(OC)c1.